The maximum atomic E-state index is 13.1. The molecule has 0 aromatic heterocycles. The predicted octanol–water partition coefficient (Wildman–Crippen LogP) is 0.983. The Morgan fingerprint density at radius 1 is 1.26 bits per heavy atom. The zero-order valence-electron chi connectivity index (χ0n) is 19.5. The Balaban J connectivity index is 1.54. The number of hydrogen-bond donors (Lipinski definition) is 3. The zero-order chi connectivity index (χ0) is 24.4. The number of carbonyl (C=O) groups excluding carboxylic acids is 4. The third-order valence-corrected chi connectivity index (χ3v) is 7.31. The quantitative estimate of drug-likeness (QED) is 0.520. The number of nitrogens with zero attached hydrogens (tertiary/aromatic N) is 1. The SMILES string of the molecule is CC(C)(C)OC(=O)N1CCC2(COc3c2ccc2c3CNC2=O)C(O)C1C1CCC(=O)NC1=O. The molecule has 4 unspecified atom stereocenters. The number of amides is 4. The second kappa shape index (κ2) is 7.69. The molecule has 0 radical (unpaired) electrons. The van der Waals surface area contributed by atoms with Gasteiger partial charge in [-0.25, -0.2) is 4.79 Å². The van der Waals surface area contributed by atoms with E-state index in [-0.39, 0.29) is 37.8 Å². The lowest BCUT2D eigenvalue weighted by Gasteiger charge is -2.50. The second-order valence-electron chi connectivity index (χ2n) is 10.5. The van der Waals surface area contributed by atoms with Gasteiger partial charge in [-0.15, -0.1) is 0 Å². The number of nitrogens with one attached hydrogen (secondary N) is 2. The van der Waals surface area contributed by atoms with Gasteiger partial charge in [0.1, 0.15) is 18.0 Å². The summed E-state index contributed by atoms with van der Waals surface area (Å²) in [6.45, 7) is 6.02. The molecule has 4 amide bonds. The Morgan fingerprint density at radius 3 is 2.74 bits per heavy atom. The van der Waals surface area contributed by atoms with Crippen LogP contribution < -0.4 is 15.4 Å². The molecule has 182 valence electrons. The van der Waals surface area contributed by atoms with Gasteiger partial charge in [0.15, 0.2) is 0 Å². The molecule has 0 bridgehead atoms. The normalized spacial score (nSPS) is 30.4. The van der Waals surface area contributed by atoms with Crippen LogP contribution in [-0.4, -0.2) is 64.7 Å². The van der Waals surface area contributed by atoms with Crippen LogP contribution in [0.25, 0.3) is 0 Å². The summed E-state index contributed by atoms with van der Waals surface area (Å²) < 4.78 is 11.7. The summed E-state index contributed by atoms with van der Waals surface area (Å²) in [4.78, 5) is 51.3. The minimum Gasteiger partial charge on any atom is -0.492 e. The smallest absolute Gasteiger partial charge is 0.410 e. The van der Waals surface area contributed by atoms with Crippen LogP contribution in [0.3, 0.4) is 0 Å². The number of ether oxygens (including phenoxy) is 2. The molecule has 1 spiro atoms. The molecule has 1 aromatic carbocycles. The number of rotatable bonds is 1. The molecule has 4 heterocycles. The maximum absolute atomic E-state index is 13.1. The summed E-state index contributed by atoms with van der Waals surface area (Å²) in [6, 6.07) is 2.64. The molecule has 2 fully saturated rings. The van der Waals surface area contributed by atoms with Crippen LogP contribution in [0.4, 0.5) is 4.79 Å². The molecule has 34 heavy (non-hydrogen) atoms. The van der Waals surface area contributed by atoms with E-state index in [9.17, 15) is 24.3 Å². The van der Waals surface area contributed by atoms with Gasteiger partial charge >= 0.3 is 6.09 Å². The third kappa shape index (κ3) is 3.43. The summed E-state index contributed by atoms with van der Waals surface area (Å²) in [6.07, 6.45) is -1.02. The first-order valence-corrected chi connectivity index (χ1v) is 11.6. The van der Waals surface area contributed by atoms with Gasteiger partial charge in [0.2, 0.25) is 11.8 Å². The average molecular weight is 472 g/mol. The van der Waals surface area contributed by atoms with E-state index in [4.69, 9.17) is 9.47 Å². The predicted molar refractivity (Wildman–Crippen MR) is 118 cm³/mol. The molecule has 4 atom stereocenters. The number of piperidine rings is 2. The highest BCUT2D eigenvalue weighted by atomic mass is 16.6. The summed E-state index contributed by atoms with van der Waals surface area (Å²) in [5.74, 6) is -1.23. The number of aliphatic hydroxyl groups is 1. The Bertz CT molecular complexity index is 1090. The summed E-state index contributed by atoms with van der Waals surface area (Å²) >= 11 is 0. The van der Waals surface area contributed by atoms with Crippen molar-refractivity contribution in [3.05, 3.63) is 28.8 Å². The largest absolute Gasteiger partial charge is 0.492 e. The fraction of sp³-hybridized carbons (Fsp3) is 0.583. The molecular formula is C24H29N3O7. The van der Waals surface area contributed by atoms with Crippen LogP contribution in [0.2, 0.25) is 0 Å². The van der Waals surface area contributed by atoms with Crippen molar-refractivity contribution in [2.75, 3.05) is 13.2 Å². The van der Waals surface area contributed by atoms with Gasteiger partial charge < -0.3 is 24.8 Å². The topological polar surface area (TPSA) is 134 Å². The van der Waals surface area contributed by atoms with Crippen molar-refractivity contribution in [1.82, 2.24) is 15.5 Å². The third-order valence-electron chi connectivity index (χ3n) is 7.31. The van der Waals surface area contributed by atoms with E-state index in [1.54, 1.807) is 32.9 Å². The minimum atomic E-state index is -1.15. The van der Waals surface area contributed by atoms with Gasteiger partial charge in [-0.3, -0.25) is 19.7 Å². The zero-order valence-corrected chi connectivity index (χ0v) is 19.5. The summed E-state index contributed by atoms with van der Waals surface area (Å²) in [7, 11) is 0. The van der Waals surface area contributed by atoms with Gasteiger partial charge in [0.25, 0.3) is 5.91 Å². The van der Waals surface area contributed by atoms with E-state index < -0.39 is 41.1 Å². The highest BCUT2D eigenvalue weighted by molar-refractivity contribution is 6.00. The Hall–Kier alpha value is -3.14. The molecule has 0 saturated carbocycles. The fourth-order valence-electron chi connectivity index (χ4n) is 5.69. The number of aliphatic hydroxyl groups excluding tert-OH is 1. The Kier molecular flexibility index (Phi) is 5.12. The standard InChI is InChI=1S/C24H29N3O7/c1-23(2,3)34-22(32)27-9-8-24(19(29)17(27)13-5-7-16(28)26-21(13)31)11-33-18-14-10-25-20(30)12(14)4-6-15(18)24/h4,6,13,17,19,29H,5,7-11H2,1-3H3,(H,25,30)(H,26,28,31). The number of carbonyl (C=O) groups is 4. The van der Waals surface area contributed by atoms with Crippen molar-refractivity contribution in [2.45, 2.75) is 69.7 Å². The van der Waals surface area contributed by atoms with E-state index >= 15 is 0 Å². The number of imide groups is 1. The average Bonchev–Trinajstić information content (AvgIpc) is 3.31. The Labute approximate surface area is 197 Å². The summed E-state index contributed by atoms with van der Waals surface area (Å²) in [5, 5.41) is 17.0. The van der Waals surface area contributed by atoms with Gasteiger partial charge in [-0.05, 0) is 39.7 Å². The molecule has 4 aliphatic heterocycles. The van der Waals surface area contributed by atoms with E-state index in [0.29, 0.717) is 24.3 Å². The molecule has 10 nitrogen and oxygen atoms in total. The maximum Gasteiger partial charge on any atom is 0.410 e. The molecular weight excluding hydrogens is 442 g/mol. The van der Waals surface area contributed by atoms with Gasteiger partial charge in [0.05, 0.1) is 23.5 Å². The molecule has 1 aromatic rings. The van der Waals surface area contributed by atoms with Crippen LogP contribution in [-0.2, 0) is 26.3 Å². The highest BCUT2D eigenvalue weighted by Gasteiger charge is 2.58. The van der Waals surface area contributed by atoms with Gasteiger partial charge in [0, 0.05) is 36.2 Å². The molecule has 4 aliphatic rings. The first kappa shape index (κ1) is 22.6. The first-order valence-electron chi connectivity index (χ1n) is 11.6. The van der Waals surface area contributed by atoms with Crippen LogP contribution in [0.15, 0.2) is 12.1 Å². The van der Waals surface area contributed by atoms with Crippen LogP contribution in [0, 0.1) is 5.92 Å². The number of hydrogen-bond acceptors (Lipinski definition) is 7. The van der Waals surface area contributed by atoms with Crippen LogP contribution in [0.5, 0.6) is 5.75 Å². The second-order valence-corrected chi connectivity index (χ2v) is 10.5. The van der Waals surface area contributed by atoms with Crippen molar-refractivity contribution in [3.8, 4) is 5.75 Å². The lowest BCUT2D eigenvalue weighted by Crippen LogP contribution is -2.66. The van der Waals surface area contributed by atoms with E-state index in [2.05, 4.69) is 10.6 Å². The minimum absolute atomic E-state index is 0.128. The van der Waals surface area contributed by atoms with E-state index in [1.165, 1.54) is 4.90 Å². The monoisotopic (exact) mass is 471 g/mol. The summed E-state index contributed by atoms with van der Waals surface area (Å²) in [5.41, 5.74) is 0.477. The highest BCUT2D eigenvalue weighted by Crippen LogP contribution is 2.51. The van der Waals surface area contributed by atoms with E-state index in [0.717, 1.165) is 11.1 Å². The first-order chi connectivity index (χ1) is 16.0. The lowest BCUT2D eigenvalue weighted by atomic mass is 9.66. The molecule has 0 aliphatic carbocycles. The van der Waals surface area contributed by atoms with Gasteiger partial charge in [-0.1, -0.05) is 6.07 Å². The number of benzene rings is 1. The fourth-order valence-corrected chi connectivity index (χ4v) is 5.69. The van der Waals surface area contributed by atoms with Crippen molar-refractivity contribution in [3.63, 3.8) is 0 Å². The molecule has 5 rings (SSSR count). The number of likely N-dealkylation sites (tertiary alicyclic amines) is 1. The van der Waals surface area contributed by atoms with Gasteiger partial charge in [-0.2, -0.15) is 0 Å². The number of fused-ring (bicyclic) bond motifs is 4. The van der Waals surface area contributed by atoms with Crippen molar-refractivity contribution < 1.29 is 33.8 Å². The van der Waals surface area contributed by atoms with Crippen molar-refractivity contribution >= 4 is 23.8 Å². The molecule has 10 heteroatoms. The van der Waals surface area contributed by atoms with Crippen LogP contribution in [0.1, 0.15) is 61.5 Å². The van der Waals surface area contributed by atoms with E-state index in [1.807, 2.05) is 0 Å². The van der Waals surface area contributed by atoms with Crippen molar-refractivity contribution in [1.29, 1.82) is 0 Å². The molecule has 2 saturated heterocycles. The Morgan fingerprint density at radius 2 is 2.03 bits per heavy atom. The molecule has 3 N–H and O–H groups in total. The van der Waals surface area contributed by atoms with Crippen LogP contribution >= 0.6 is 0 Å². The lowest BCUT2D eigenvalue weighted by molar-refractivity contribution is -0.143. The van der Waals surface area contributed by atoms with Crippen molar-refractivity contribution in [2.24, 2.45) is 5.92 Å².